The van der Waals surface area contributed by atoms with Crippen LogP contribution in [0.1, 0.15) is 26.3 Å². The van der Waals surface area contributed by atoms with Crippen molar-refractivity contribution in [3.05, 3.63) is 40.9 Å². The second-order valence-corrected chi connectivity index (χ2v) is 4.69. The minimum absolute atomic E-state index is 0.236. The molecule has 0 atom stereocenters. The Hall–Kier alpha value is -0.750. The van der Waals surface area contributed by atoms with Crippen molar-refractivity contribution >= 4 is 17.7 Å². The molecule has 0 bridgehead atoms. The Bertz CT molecular complexity index is 288. The van der Waals surface area contributed by atoms with Gasteiger partial charge in [0.05, 0.1) is 0 Å². The number of hydrogen-bond donors (Lipinski definition) is 0. The van der Waals surface area contributed by atoms with Crippen molar-refractivity contribution < 1.29 is 0 Å². The van der Waals surface area contributed by atoms with Crippen molar-refractivity contribution in [2.75, 3.05) is 0 Å². The van der Waals surface area contributed by atoms with Crippen LogP contribution in [0, 0.1) is 5.41 Å². The van der Waals surface area contributed by atoms with Crippen molar-refractivity contribution in [3.8, 4) is 0 Å². The maximum atomic E-state index is 5.78. The van der Waals surface area contributed by atoms with Crippen LogP contribution < -0.4 is 0 Å². The molecule has 0 N–H and O–H groups in total. The van der Waals surface area contributed by atoms with Gasteiger partial charge in [-0.15, -0.1) is 0 Å². The first kappa shape index (κ1) is 10.3. The van der Waals surface area contributed by atoms with E-state index in [0.717, 1.165) is 5.02 Å². The van der Waals surface area contributed by atoms with E-state index in [4.69, 9.17) is 11.6 Å². The maximum absolute atomic E-state index is 5.78. The van der Waals surface area contributed by atoms with E-state index < -0.39 is 0 Å². The molecule has 0 amide bonds. The fraction of sp³-hybridized carbons (Fsp3) is 0.333. The summed E-state index contributed by atoms with van der Waals surface area (Å²) in [4.78, 5) is 0. The van der Waals surface area contributed by atoms with Crippen molar-refractivity contribution in [2.45, 2.75) is 20.8 Å². The molecule has 0 spiro atoms. The highest BCUT2D eigenvalue weighted by molar-refractivity contribution is 6.30. The van der Waals surface area contributed by atoms with Gasteiger partial charge in [-0.05, 0) is 23.1 Å². The van der Waals surface area contributed by atoms with Crippen LogP contribution in [-0.2, 0) is 0 Å². The van der Waals surface area contributed by atoms with Gasteiger partial charge in [0.15, 0.2) is 0 Å². The molecule has 0 aliphatic heterocycles. The summed E-state index contributed by atoms with van der Waals surface area (Å²) in [5.74, 6) is 0. The van der Waals surface area contributed by atoms with Crippen LogP contribution in [-0.4, -0.2) is 0 Å². The monoisotopic (exact) mass is 194 g/mol. The van der Waals surface area contributed by atoms with E-state index in [2.05, 4.69) is 32.9 Å². The molecule has 1 aromatic rings. The molecule has 0 radical (unpaired) electrons. The minimum Gasteiger partial charge on any atom is -0.0843 e. The van der Waals surface area contributed by atoms with Crippen LogP contribution in [0.15, 0.2) is 30.3 Å². The fourth-order valence-electron chi connectivity index (χ4n) is 0.920. The van der Waals surface area contributed by atoms with Crippen LogP contribution in [0.2, 0.25) is 5.02 Å². The zero-order valence-corrected chi connectivity index (χ0v) is 9.10. The lowest BCUT2D eigenvalue weighted by Gasteiger charge is -2.10. The predicted molar refractivity (Wildman–Crippen MR) is 59.9 cm³/mol. The van der Waals surface area contributed by atoms with Crippen molar-refractivity contribution in [3.63, 3.8) is 0 Å². The van der Waals surface area contributed by atoms with Gasteiger partial charge in [0, 0.05) is 5.02 Å². The van der Waals surface area contributed by atoms with E-state index in [-0.39, 0.29) is 5.41 Å². The summed E-state index contributed by atoms with van der Waals surface area (Å²) in [6.07, 6.45) is 4.31. The highest BCUT2D eigenvalue weighted by Gasteiger charge is 2.02. The number of benzene rings is 1. The topological polar surface area (TPSA) is 0 Å². The van der Waals surface area contributed by atoms with Crippen LogP contribution in [0.4, 0.5) is 0 Å². The number of rotatable bonds is 1. The summed E-state index contributed by atoms with van der Waals surface area (Å²) in [5.41, 5.74) is 1.43. The molecule has 1 aromatic carbocycles. The van der Waals surface area contributed by atoms with Crippen molar-refractivity contribution in [1.29, 1.82) is 0 Å². The SMILES string of the molecule is CC(C)(C)C=Cc1ccc(Cl)cc1. The molecular weight excluding hydrogens is 180 g/mol. The standard InChI is InChI=1S/C12H15Cl/c1-12(2,3)9-8-10-4-6-11(13)7-5-10/h4-9H,1-3H3. The highest BCUT2D eigenvalue weighted by atomic mass is 35.5. The van der Waals surface area contributed by atoms with E-state index in [0.29, 0.717) is 0 Å². The van der Waals surface area contributed by atoms with Gasteiger partial charge in [0.2, 0.25) is 0 Å². The van der Waals surface area contributed by atoms with E-state index in [1.165, 1.54) is 5.56 Å². The zero-order chi connectivity index (χ0) is 9.90. The molecular formula is C12H15Cl. The molecule has 1 rings (SSSR count). The second-order valence-electron chi connectivity index (χ2n) is 4.25. The Kier molecular flexibility index (Phi) is 3.16. The fourth-order valence-corrected chi connectivity index (χ4v) is 1.05. The summed E-state index contributed by atoms with van der Waals surface area (Å²) < 4.78 is 0. The summed E-state index contributed by atoms with van der Waals surface area (Å²) >= 11 is 5.78. The lowest BCUT2D eigenvalue weighted by molar-refractivity contribution is 0.547. The number of allylic oxidation sites excluding steroid dienone is 1. The number of hydrogen-bond acceptors (Lipinski definition) is 0. The Morgan fingerprint density at radius 2 is 1.62 bits per heavy atom. The molecule has 13 heavy (non-hydrogen) atoms. The normalized spacial score (nSPS) is 12.3. The van der Waals surface area contributed by atoms with Gasteiger partial charge in [0.1, 0.15) is 0 Å². The van der Waals surface area contributed by atoms with Gasteiger partial charge in [-0.2, -0.15) is 0 Å². The summed E-state index contributed by atoms with van der Waals surface area (Å²) in [5, 5.41) is 0.785. The predicted octanol–water partition coefficient (Wildman–Crippen LogP) is 4.40. The molecule has 0 nitrogen and oxygen atoms in total. The largest absolute Gasteiger partial charge is 0.0843 e. The lowest BCUT2D eigenvalue weighted by atomic mass is 9.95. The first-order chi connectivity index (χ1) is 5.97. The van der Waals surface area contributed by atoms with Gasteiger partial charge in [-0.3, -0.25) is 0 Å². The first-order valence-electron chi connectivity index (χ1n) is 4.42. The van der Waals surface area contributed by atoms with Crippen LogP contribution >= 0.6 is 11.6 Å². The van der Waals surface area contributed by atoms with E-state index in [1.807, 2.05) is 24.3 Å². The average molecular weight is 195 g/mol. The molecule has 70 valence electrons. The van der Waals surface area contributed by atoms with Gasteiger partial charge in [-0.1, -0.05) is 56.7 Å². The summed E-state index contributed by atoms with van der Waals surface area (Å²) in [6, 6.07) is 7.85. The van der Waals surface area contributed by atoms with Gasteiger partial charge in [0.25, 0.3) is 0 Å². The Labute approximate surface area is 85.2 Å². The molecule has 0 saturated heterocycles. The number of halogens is 1. The third-order valence-corrected chi connectivity index (χ3v) is 1.90. The first-order valence-corrected chi connectivity index (χ1v) is 4.80. The maximum Gasteiger partial charge on any atom is 0.0406 e. The molecule has 0 heterocycles. The van der Waals surface area contributed by atoms with Crippen LogP contribution in [0.25, 0.3) is 6.08 Å². The lowest BCUT2D eigenvalue weighted by Crippen LogP contribution is -1.97. The van der Waals surface area contributed by atoms with Crippen molar-refractivity contribution in [1.82, 2.24) is 0 Å². The molecule has 0 unspecified atom stereocenters. The molecule has 0 aliphatic carbocycles. The average Bonchev–Trinajstić information content (AvgIpc) is 2.02. The van der Waals surface area contributed by atoms with Crippen LogP contribution in [0.3, 0.4) is 0 Å². The molecule has 1 heteroatoms. The molecule has 0 saturated carbocycles. The summed E-state index contributed by atoms with van der Waals surface area (Å²) in [7, 11) is 0. The van der Waals surface area contributed by atoms with Gasteiger partial charge in [-0.25, -0.2) is 0 Å². The Balaban J connectivity index is 2.75. The van der Waals surface area contributed by atoms with Gasteiger partial charge >= 0.3 is 0 Å². The third-order valence-electron chi connectivity index (χ3n) is 1.65. The summed E-state index contributed by atoms with van der Waals surface area (Å²) in [6.45, 7) is 6.54. The van der Waals surface area contributed by atoms with Crippen LogP contribution in [0.5, 0.6) is 0 Å². The third kappa shape index (κ3) is 4.14. The molecule has 0 aromatic heterocycles. The highest BCUT2D eigenvalue weighted by Crippen LogP contribution is 2.18. The zero-order valence-electron chi connectivity index (χ0n) is 8.34. The second kappa shape index (κ2) is 3.97. The van der Waals surface area contributed by atoms with E-state index >= 15 is 0 Å². The van der Waals surface area contributed by atoms with Gasteiger partial charge < -0.3 is 0 Å². The van der Waals surface area contributed by atoms with E-state index in [1.54, 1.807) is 0 Å². The van der Waals surface area contributed by atoms with E-state index in [9.17, 15) is 0 Å². The quantitative estimate of drug-likeness (QED) is 0.622. The Morgan fingerprint density at radius 1 is 1.08 bits per heavy atom. The van der Waals surface area contributed by atoms with Crippen molar-refractivity contribution in [2.24, 2.45) is 5.41 Å². The smallest absolute Gasteiger partial charge is 0.0406 e. The molecule has 0 aliphatic rings. The Morgan fingerprint density at radius 3 is 2.08 bits per heavy atom. The molecule has 0 fully saturated rings. The minimum atomic E-state index is 0.236.